The summed E-state index contributed by atoms with van der Waals surface area (Å²) in [6, 6.07) is 4.86. The molecular formula is C13H12N4O3. The van der Waals surface area contributed by atoms with Gasteiger partial charge in [-0.15, -0.1) is 0 Å². The molecule has 1 saturated heterocycles. The van der Waals surface area contributed by atoms with Gasteiger partial charge < -0.3 is 0 Å². The summed E-state index contributed by atoms with van der Waals surface area (Å²) >= 11 is 0. The highest BCUT2D eigenvalue weighted by Gasteiger charge is 2.26. The molecule has 1 aliphatic rings. The third kappa shape index (κ3) is 1.75. The molecule has 2 aromatic rings. The molecule has 102 valence electrons. The Labute approximate surface area is 114 Å². The number of anilines is 1. The van der Waals surface area contributed by atoms with Crippen LogP contribution in [0.15, 0.2) is 18.2 Å². The van der Waals surface area contributed by atoms with Gasteiger partial charge in [0.15, 0.2) is 6.29 Å². The number of hydrogen-bond acceptors (Lipinski definition) is 4. The molecule has 3 amide bonds. The van der Waals surface area contributed by atoms with E-state index >= 15 is 0 Å². The highest BCUT2D eigenvalue weighted by atomic mass is 16.2. The van der Waals surface area contributed by atoms with Gasteiger partial charge in [0.2, 0.25) is 5.91 Å². The summed E-state index contributed by atoms with van der Waals surface area (Å²) in [7, 11) is 1.71. The number of fused-ring (bicyclic) bond motifs is 1. The molecular weight excluding hydrogens is 260 g/mol. The fourth-order valence-electron chi connectivity index (χ4n) is 2.44. The van der Waals surface area contributed by atoms with Crippen LogP contribution in [0.4, 0.5) is 10.5 Å². The number of imide groups is 1. The van der Waals surface area contributed by atoms with Gasteiger partial charge in [0, 0.05) is 25.4 Å². The lowest BCUT2D eigenvalue weighted by Crippen LogP contribution is -2.49. The molecule has 1 aromatic heterocycles. The first-order chi connectivity index (χ1) is 9.61. The van der Waals surface area contributed by atoms with Crippen molar-refractivity contribution < 1.29 is 14.4 Å². The quantitative estimate of drug-likeness (QED) is 0.821. The number of rotatable bonds is 2. The fourth-order valence-corrected chi connectivity index (χ4v) is 2.44. The van der Waals surface area contributed by atoms with Gasteiger partial charge in [0.25, 0.3) is 0 Å². The van der Waals surface area contributed by atoms with E-state index in [1.807, 2.05) is 0 Å². The van der Waals surface area contributed by atoms with E-state index in [-0.39, 0.29) is 12.3 Å². The number of aryl methyl sites for hydroxylation is 1. The Balaban J connectivity index is 2.17. The lowest BCUT2D eigenvalue weighted by Gasteiger charge is -2.27. The number of aromatic nitrogens is 2. The van der Waals surface area contributed by atoms with Gasteiger partial charge in [0.1, 0.15) is 5.69 Å². The van der Waals surface area contributed by atoms with Gasteiger partial charge in [-0.05, 0) is 6.07 Å². The standard InChI is InChI=1S/C13H12N4O3/c1-16-12-8(9(7-18)15-16)3-2-4-10(12)17-6-5-11(19)14-13(17)20/h2-4,7H,5-6H2,1H3,(H,14,19,20). The minimum Gasteiger partial charge on any atom is -0.296 e. The van der Waals surface area contributed by atoms with Crippen molar-refractivity contribution in [3.05, 3.63) is 23.9 Å². The third-order valence-corrected chi connectivity index (χ3v) is 3.33. The lowest BCUT2D eigenvalue weighted by molar-refractivity contribution is -0.120. The van der Waals surface area contributed by atoms with Gasteiger partial charge in [-0.3, -0.25) is 24.5 Å². The number of hydrogen-bond donors (Lipinski definition) is 1. The van der Waals surface area contributed by atoms with Crippen LogP contribution in [0.25, 0.3) is 10.9 Å². The van der Waals surface area contributed by atoms with E-state index in [1.165, 1.54) is 4.90 Å². The first kappa shape index (κ1) is 12.3. The Morgan fingerprint density at radius 2 is 2.15 bits per heavy atom. The summed E-state index contributed by atoms with van der Waals surface area (Å²) in [5.74, 6) is -0.281. The number of nitrogens with one attached hydrogen (secondary N) is 1. The molecule has 0 aliphatic carbocycles. The predicted octanol–water partition coefficient (Wildman–Crippen LogP) is 0.832. The van der Waals surface area contributed by atoms with Crippen molar-refractivity contribution in [2.24, 2.45) is 7.05 Å². The molecule has 0 unspecified atom stereocenters. The smallest absolute Gasteiger partial charge is 0.296 e. The average molecular weight is 272 g/mol. The molecule has 1 fully saturated rings. The van der Waals surface area contributed by atoms with Crippen molar-refractivity contribution in [3.8, 4) is 0 Å². The van der Waals surface area contributed by atoms with Gasteiger partial charge in [-0.2, -0.15) is 5.10 Å². The second-order valence-electron chi connectivity index (χ2n) is 4.55. The summed E-state index contributed by atoms with van der Waals surface area (Å²) in [6.07, 6.45) is 0.937. The van der Waals surface area contributed by atoms with Gasteiger partial charge >= 0.3 is 6.03 Å². The van der Waals surface area contributed by atoms with Crippen LogP contribution in [0.3, 0.4) is 0 Å². The molecule has 1 aromatic carbocycles. The molecule has 20 heavy (non-hydrogen) atoms. The van der Waals surface area contributed by atoms with Crippen LogP contribution < -0.4 is 10.2 Å². The van der Waals surface area contributed by atoms with E-state index in [4.69, 9.17) is 0 Å². The van der Waals surface area contributed by atoms with Crippen molar-refractivity contribution >= 4 is 34.8 Å². The van der Waals surface area contributed by atoms with E-state index in [0.29, 0.717) is 35.1 Å². The zero-order chi connectivity index (χ0) is 14.3. The Bertz CT molecular complexity index is 735. The molecule has 7 heteroatoms. The van der Waals surface area contributed by atoms with Crippen LogP contribution in [0, 0.1) is 0 Å². The predicted molar refractivity (Wildman–Crippen MR) is 71.6 cm³/mol. The first-order valence-corrected chi connectivity index (χ1v) is 6.14. The van der Waals surface area contributed by atoms with E-state index in [2.05, 4.69) is 10.4 Å². The number of para-hydroxylation sites is 1. The van der Waals surface area contributed by atoms with E-state index in [9.17, 15) is 14.4 Å². The van der Waals surface area contributed by atoms with Crippen molar-refractivity contribution in [3.63, 3.8) is 0 Å². The summed E-state index contributed by atoms with van der Waals surface area (Å²) in [4.78, 5) is 35.6. The Hall–Kier alpha value is -2.70. The fraction of sp³-hybridized carbons (Fsp3) is 0.231. The summed E-state index contributed by atoms with van der Waals surface area (Å²) in [6.45, 7) is 0.311. The minimum atomic E-state index is -0.456. The second-order valence-corrected chi connectivity index (χ2v) is 4.55. The van der Waals surface area contributed by atoms with Gasteiger partial charge in [0.05, 0.1) is 11.2 Å². The van der Waals surface area contributed by atoms with Crippen LogP contribution in [-0.2, 0) is 11.8 Å². The number of carbonyl (C=O) groups excluding carboxylic acids is 3. The van der Waals surface area contributed by atoms with Crippen molar-refractivity contribution in [1.82, 2.24) is 15.1 Å². The van der Waals surface area contributed by atoms with Crippen LogP contribution in [-0.4, -0.2) is 34.5 Å². The SMILES string of the molecule is Cn1nc(C=O)c2cccc(N3CCC(=O)NC3=O)c21. The maximum atomic E-state index is 11.9. The molecule has 0 spiro atoms. The second kappa shape index (κ2) is 4.44. The van der Waals surface area contributed by atoms with Crippen LogP contribution >= 0.6 is 0 Å². The number of benzene rings is 1. The molecule has 0 saturated carbocycles. The number of urea groups is 1. The van der Waals surface area contributed by atoms with E-state index < -0.39 is 6.03 Å². The molecule has 2 heterocycles. The summed E-state index contributed by atoms with van der Waals surface area (Å²) < 4.78 is 1.57. The zero-order valence-corrected chi connectivity index (χ0v) is 10.8. The van der Waals surface area contributed by atoms with Crippen molar-refractivity contribution in [2.45, 2.75) is 6.42 Å². The summed E-state index contributed by atoms with van der Waals surface area (Å²) in [5, 5.41) is 7.09. The molecule has 3 rings (SSSR count). The largest absolute Gasteiger partial charge is 0.328 e. The average Bonchev–Trinajstić information content (AvgIpc) is 2.76. The topological polar surface area (TPSA) is 84.3 Å². The highest BCUT2D eigenvalue weighted by Crippen LogP contribution is 2.29. The maximum absolute atomic E-state index is 11.9. The summed E-state index contributed by atoms with van der Waals surface area (Å²) in [5.41, 5.74) is 1.66. The molecule has 0 atom stereocenters. The molecule has 7 nitrogen and oxygen atoms in total. The van der Waals surface area contributed by atoms with Crippen molar-refractivity contribution in [2.75, 3.05) is 11.4 Å². The monoisotopic (exact) mass is 272 g/mol. The highest BCUT2D eigenvalue weighted by molar-refractivity contribution is 6.10. The van der Waals surface area contributed by atoms with Gasteiger partial charge in [-0.25, -0.2) is 4.79 Å². The van der Waals surface area contributed by atoms with Crippen LogP contribution in [0.1, 0.15) is 16.9 Å². The normalized spacial score (nSPS) is 15.6. The van der Waals surface area contributed by atoms with Crippen molar-refractivity contribution in [1.29, 1.82) is 0 Å². The molecule has 0 bridgehead atoms. The van der Waals surface area contributed by atoms with E-state index in [0.717, 1.165) is 0 Å². The number of amides is 3. The Kier molecular flexibility index (Phi) is 2.74. The number of nitrogens with zero attached hydrogens (tertiary/aromatic N) is 3. The lowest BCUT2D eigenvalue weighted by atomic mass is 10.1. The maximum Gasteiger partial charge on any atom is 0.328 e. The molecule has 1 N–H and O–H groups in total. The zero-order valence-electron chi connectivity index (χ0n) is 10.8. The first-order valence-electron chi connectivity index (χ1n) is 6.14. The Morgan fingerprint density at radius 1 is 1.35 bits per heavy atom. The Morgan fingerprint density at radius 3 is 2.85 bits per heavy atom. The van der Waals surface area contributed by atoms with Crippen LogP contribution in [0.2, 0.25) is 0 Å². The third-order valence-electron chi connectivity index (χ3n) is 3.33. The van der Waals surface area contributed by atoms with Crippen LogP contribution in [0.5, 0.6) is 0 Å². The minimum absolute atomic E-state index is 0.251. The van der Waals surface area contributed by atoms with E-state index in [1.54, 1.807) is 29.9 Å². The molecule has 0 radical (unpaired) electrons. The number of aldehydes is 1. The molecule has 1 aliphatic heterocycles. The number of carbonyl (C=O) groups is 3. The van der Waals surface area contributed by atoms with Gasteiger partial charge in [-0.1, -0.05) is 12.1 Å².